The molecule has 0 aromatic heterocycles. The summed E-state index contributed by atoms with van der Waals surface area (Å²) in [7, 11) is 0. The van der Waals surface area contributed by atoms with Gasteiger partial charge in [0.2, 0.25) is 0 Å². The highest BCUT2D eigenvalue weighted by Crippen LogP contribution is 2.43. The second-order valence-electron chi connectivity index (χ2n) is 9.91. The van der Waals surface area contributed by atoms with Crippen LogP contribution < -0.4 is 5.32 Å². The average molecular weight is 553 g/mol. The highest BCUT2D eigenvalue weighted by atomic mass is 79.9. The molecule has 7 rings (SSSR count). The van der Waals surface area contributed by atoms with Crippen molar-refractivity contribution in [1.29, 1.82) is 0 Å². The van der Waals surface area contributed by atoms with Gasteiger partial charge in [-0.05, 0) is 74.8 Å². The largest absolute Gasteiger partial charge is 0.358 e. The molecule has 0 radical (unpaired) electrons. The Kier molecular flexibility index (Phi) is 5.83. The monoisotopic (exact) mass is 551 g/mol. The molecule has 182 valence electrons. The first kappa shape index (κ1) is 23.0. The smallest absolute Gasteiger partial charge is 0.0541 e. The SMILES string of the molecule is BrC1=CCCC(Nc2c3ccccc3c(-c3ccc4cc(-c5ccccc5)ccc4c3)c3ccccc23)=C1. The van der Waals surface area contributed by atoms with Crippen molar-refractivity contribution < 1.29 is 0 Å². The van der Waals surface area contributed by atoms with Gasteiger partial charge in [0.25, 0.3) is 0 Å². The van der Waals surface area contributed by atoms with Crippen LogP contribution in [0.4, 0.5) is 5.69 Å². The minimum atomic E-state index is 1.01. The number of hydrogen-bond donors (Lipinski definition) is 1. The zero-order valence-corrected chi connectivity index (χ0v) is 22.5. The number of benzene rings is 6. The van der Waals surface area contributed by atoms with Crippen LogP contribution in [0.25, 0.3) is 54.6 Å². The first-order chi connectivity index (χ1) is 18.7. The molecule has 0 heterocycles. The fourth-order valence-corrected chi connectivity index (χ4v) is 6.21. The second kappa shape index (κ2) is 9.63. The van der Waals surface area contributed by atoms with Crippen molar-refractivity contribution in [2.45, 2.75) is 12.8 Å². The average Bonchev–Trinajstić information content (AvgIpc) is 2.97. The van der Waals surface area contributed by atoms with Crippen LogP contribution in [0.5, 0.6) is 0 Å². The predicted molar refractivity (Wildman–Crippen MR) is 168 cm³/mol. The van der Waals surface area contributed by atoms with Gasteiger partial charge in [0, 0.05) is 21.0 Å². The second-order valence-corrected chi connectivity index (χ2v) is 10.8. The third-order valence-electron chi connectivity index (χ3n) is 7.52. The predicted octanol–water partition coefficient (Wildman–Crippen LogP) is 10.8. The quantitative estimate of drug-likeness (QED) is 0.215. The standard InChI is InChI=1S/C36H26BrN/c37-29-11-8-12-30(23-29)38-36-33-15-6-4-13-31(33)35(32-14-5-7-16-34(32)36)28-20-19-26-21-25(17-18-27(26)22-28)24-9-2-1-3-10-24/h1-7,9-11,13-23,38H,8,12H2. The molecule has 6 aromatic carbocycles. The van der Waals surface area contributed by atoms with Crippen LogP contribution >= 0.6 is 15.9 Å². The first-order valence-corrected chi connectivity index (χ1v) is 13.9. The number of hydrogen-bond acceptors (Lipinski definition) is 1. The minimum absolute atomic E-state index is 1.01. The molecule has 38 heavy (non-hydrogen) atoms. The fraction of sp³-hybridized carbons (Fsp3) is 0.0556. The number of halogens is 1. The van der Waals surface area contributed by atoms with Crippen LogP contribution in [0.15, 0.2) is 138 Å². The van der Waals surface area contributed by atoms with Gasteiger partial charge in [-0.25, -0.2) is 0 Å². The molecule has 1 aliphatic rings. The highest BCUT2D eigenvalue weighted by Gasteiger charge is 2.17. The van der Waals surface area contributed by atoms with Crippen molar-refractivity contribution in [2.75, 3.05) is 5.32 Å². The van der Waals surface area contributed by atoms with Crippen LogP contribution in [0.1, 0.15) is 12.8 Å². The molecular weight excluding hydrogens is 526 g/mol. The molecule has 0 saturated carbocycles. The Morgan fingerprint density at radius 1 is 0.553 bits per heavy atom. The van der Waals surface area contributed by atoms with Crippen molar-refractivity contribution in [3.8, 4) is 22.3 Å². The summed E-state index contributed by atoms with van der Waals surface area (Å²) in [5.74, 6) is 0. The van der Waals surface area contributed by atoms with Crippen LogP contribution in [-0.4, -0.2) is 0 Å². The number of anilines is 1. The number of fused-ring (bicyclic) bond motifs is 3. The maximum absolute atomic E-state index is 3.82. The lowest BCUT2D eigenvalue weighted by Gasteiger charge is -2.21. The van der Waals surface area contributed by atoms with E-state index in [4.69, 9.17) is 0 Å². The Hall–Kier alpha value is -4.14. The molecule has 1 aliphatic carbocycles. The Labute approximate surface area is 231 Å². The van der Waals surface area contributed by atoms with Crippen LogP contribution in [0.2, 0.25) is 0 Å². The Balaban J connectivity index is 1.42. The van der Waals surface area contributed by atoms with E-state index in [9.17, 15) is 0 Å². The molecule has 1 nitrogen and oxygen atoms in total. The molecule has 0 spiro atoms. The molecule has 0 bridgehead atoms. The van der Waals surface area contributed by atoms with E-state index in [1.165, 1.54) is 66.0 Å². The molecule has 1 N–H and O–H groups in total. The van der Waals surface area contributed by atoms with E-state index < -0.39 is 0 Å². The van der Waals surface area contributed by atoms with Crippen molar-refractivity contribution in [2.24, 2.45) is 0 Å². The summed E-state index contributed by atoms with van der Waals surface area (Å²) >= 11 is 3.67. The maximum atomic E-state index is 3.82. The van der Waals surface area contributed by atoms with E-state index in [1.54, 1.807) is 0 Å². The molecule has 6 aromatic rings. The van der Waals surface area contributed by atoms with Gasteiger partial charge in [-0.1, -0.05) is 125 Å². The third kappa shape index (κ3) is 4.12. The number of allylic oxidation sites excluding steroid dienone is 4. The van der Waals surface area contributed by atoms with Crippen LogP contribution in [0.3, 0.4) is 0 Å². The van der Waals surface area contributed by atoms with Crippen LogP contribution in [0, 0.1) is 0 Å². The van der Waals surface area contributed by atoms with E-state index in [0.717, 1.165) is 17.3 Å². The van der Waals surface area contributed by atoms with Gasteiger partial charge in [0.1, 0.15) is 0 Å². The van der Waals surface area contributed by atoms with Crippen molar-refractivity contribution in [3.63, 3.8) is 0 Å². The fourth-order valence-electron chi connectivity index (χ4n) is 5.71. The van der Waals surface area contributed by atoms with E-state index in [-0.39, 0.29) is 0 Å². The summed E-state index contributed by atoms with van der Waals surface area (Å²) in [6, 6.07) is 41.9. The van der Waals surface area contributed by atoms with Crippen molar-refractivity contribution in [1.82, 2.24) is 0 Å². The van der Waals surface area contributed by atoms with Gasteiger partial charge in [0.15, 0.2) is 0 Å². The summed E-state index contributed by atoms with van der Waals surface area (Å²) in [6.07, 6.45) is 6.48. The lowest BCUT2D eigenvalue weighted by molar-refractivity contribution is 0.966. The van der Waals surface area contributed by atoms with E-state index in [0.29, 0.717) is 0 Å². The normalized spacial score (nSPS) is 13.5. The minimum Gasteiger partial charge on any atom is -0.358 e. The Morgan fingerprint density at radius 3 is 1.79 bits per heavy atom. The molecule has 0 saturated heterocycles. The Bertz CT molecular complexity index is 1840. The topological polar surface area (TPSA) is 12.0 Å². The lowest BCUT2D eigenvalue weighted by Crippen LogP contribution is -2.04. The summed E-state index contributed by atoms with van der Waals surface area (Å²) in [4.78, 5) is 0. The molecule has 0 fully saturated rings. The zero-order valence-electron chi connectivity index (χ0n) is 20.9. The van der Waals surface area contributed by atoms with Gasteiger partial charge in [-0.3, -0.25) is 0 Å². The van der Waals surface area contributed by atoms with Crippen LogP contribution in [-0.2, 0) is 0 Å². The molecular formula is C36H26BrN. The summed E-state index contributed by atoms with van der Waals surface area (Å²) in [6.45, 7) is 0. The number of nitrogens with one attached hydrogen (secondary N) is 1. The van der Waals surface area contributed by atoms with Crippen molar-refractivity contribution >= 4 is 53.9 Å². The highest BCUT2D eigenvalue weighted by molar-refractivity contribution is 9.11. The molecule has 0 unspecified atom stereocenters. The Morgan fingerprint density at radius 2 is 1.13 bits per heavy atom. The van der Waals surface area contributed by atoms with Gasteiger partial charge < -0.3 is 5.32 Å². The molecule has 0 aliphatic heterocycles. The summed E-state index contributed by atoms with van der Waals surface area (Å²) < 4.78 is 1.14. The third-order valence-corrected chi connectivity index (χ3v) is 8.07. The van der Waals surface area contributed by atoms with Gasteiger partial charge in [-0.15, -0.1) is 0 Å². The van der Waals surface area contributed by atoms with Gasteiger partial charge >= 0.3 is 0 Å². The summed E-state index contributed by atoms with van der Waals surface area (Å²) in [5, 5.41) is 11.3. The van der Waals surface area contributed by atoms with Gasteiger partial charge in [-0.2, -0.15) is 0 Å². The van der Waals surface area contributed by atoms with E-state index in [2.05, 4.69) is 149 Å². The van der Waals surface area contributed by atoms with Crippen molar-refractivity contribution in [3.05, 3.63) is 138 Å². The zero-order chi connectivity index (χ0) is 25.5. The van der Waals surface area contributed by atoms with Gasteiger partial charge in [0.05, 0.1) is 5.69 Å². The molecule has 2 heteroatoms. The van der Waals surface area contributed by atoms with E-state index >= 15 is 0 Å². The van der Waals surface area contributed by atoms with E-state index in [1.807, 2.05) is 0 Å². The lowest BCUT2D eigenvalue weighted by atomic mass is 9.89. The first-order valence-electron chi connectivity index (χ1n) is 13.1. The molecule has 0 amide bonds. The molecule has 0 atom stereocenters. The summed E-state index contributed by atoms with van der Waals surface area (Å²) in [5.41, 5.74) is 7.44. The number of rotatable bonds is 4. The maximum Gasteiger partial charge on any atom is 0.0541 e.